The molecule has 0 aliphatic heterocycles. The van der Waals surface area contributed by atoms with Crippen LogP contribution in [0.5, 0.6) is 0 Å². The van der Waals surface area contributed by atoms with Crippen LogP contribution in [0.1, 0.15) is 60.3 Å². The maximum absolute atomic E-state index is 11.2. The molecule has 0 radical (unpaired) electrons. The Morgan fingerprint density at radius 2 is 1.87 bits per heavy atom. The summed E-state index contributed by atoms with van der Waals surface area (Å²) < 4.78 is 6.51. The summed E-state index contributed by atoms with van der Waals surface area (Å²) in [5.41, 5.74) is 0. The molecule has 1 amide bonds. The molecule has 0 saturated heterocycles. The first kappa shape index (κ1) is 22.1. The summed E-state index contributed by atoms with van der Waals surface area (Å²) in [4.78, 5) is 21.8. The van der Waals surface area contributed by atoms with Crippen molar-refractivity contribution in [1.82, 2.24) is 5.32 Å². The molecular formula is C17H35NO4Si. The minimum atomic E-state index is -2.01. The molecule has 0 spiro atoms. The molecule has 136 valence electrons. The van der Waals surface area contributed by atoms with Crippen LogP contribution in [-0.2, 0) is 9.22 Å². The lowest BCUT2D eigenvalue weighted by Crippen LogP contribution is -2.52. The molecule has 0 aliphatic carbocycles. The number of carboxylic acid groups (broad SMARTS) is 1. The molecule has 0 rings (SSSR count). The molecule has 0 aromatic heterocycles. The predicted octanol–water partition coefficient (Wildman–Crippen LogP) is 4.43. The van der Waals surface area contributed by atoms with Gasteiger partial charge in [-0.25, -0.2) is 4.79 Å². The Morgan fingerprint density at radius 3 is 2.26 bits per heavy atom. The molecule has 23 heavy (non-hydrogen) atoms. The van der Waals surface area contributed by atoms with Gasteiger partial charge >= 0.3 is 6.09 Å². The lowest BCUT2D eigenvalue weighted by atomic mass is 9.96. The van der Waals surface area contributed by atoms with Crippen LogP contribution in [0.3, 0.4) is 0 Å². The average Bonchev–Trinajstić information content (AvgIpc) is 2.34. The van der Waals surface area contributed by atoms with Gasteiger partial charge in [-0.3, -0.25) is 0 Å². The molecule has 5 nitrogen and oxygen atoms in total. The Labute approximate surface area is 142 Å². The van der Waals surface area contributed by atoms with Crippen molar-refractivity contribution in [2.45, 2.75) is 90.6 Å². The van der Waals surface area contributed by atoms with Crippen molar-refractivity contribution in [3.05, 3.63) is 0 Å². The van der Waals surface area contributed by atoms with Crippen molar-refractivity contribution in [1.29, 1.82) is 0 Å². The number of nitrogens with one attached hydrogen (secondary N) is 1. The summed E-state index contributed by atoms with van der Waals surface area (Å²) in [6.07, 6.45) is 2.34. The van der Waals surface area contributed by atoms with E-state index in [2.05, 4.69) is 53.0 Å². The van der Waals surface area contributed by atoms with Crippen molar-refractivity contribution >= 4 is 20.7 Å². The molecule has 2 atom stereocenters. The smallest absolute Gasteiger partial charge is 0.404 e. The van der Waals surface area contributed by atoms with Crippen molar-refractivity contribution < 1.29 is 19.1 Å². The fourth-order valence-corrected chi connectivity index (χ4v) is 3.66. The van der Waals surface area contributed by atoms with Gasteiger partial charge in [0.2, 0.25) is 0 Å². The number of carbonyl (C=O) groups excluding carboxylic acids is 1. The highest BCUT2D eigenvalue weighted by atomic mass is 28.4. The van der Waals surface area contributed by atoms with E-state index in [1.54, 1.807) is 0 Å². The summed E-state index contributed by atoms with van der Waals surface area (Å²) in [6, 6.07) is -0.242. The van der Waals surface area contributed by atoms with Gasteiger partial charge in [-0.15, -0.1) is 0 Å². The molecule has 0 fully saturated rings. The number of carbonyl (C=O) groups is 2. The van der Waals surface area contributed by atoms with E-state index in [9.17, 15) is 9.59 Å². The fourth-order valence-electron chi connectivity index (χ4n) is 2.27. The standard InChI is InChI=1S/C17H35NO4Si/c1-13(2)12-14(18-16(20)21)15(10-8-9-11-19)22-23(6,7)17(3,4)5/h11,13-15,18H,8-10,12H2,1-7H3,(H,20,21)/t14-,15?/m1/s1. The van der Waals surface area contributed by atoms with Gasteiger partial charge in [0.25, 0.3) is 0 Å². The summed E-state index contributed by atoms with van der Waals surface area (Å²) in [5.74, 6) is 0.364. The number of hydrogen-bond acceptors (Lipinski definition) is 3. The molecular weight excluding hydrogens is 310 g/mol. The topological polar surface area (TPSA) is 75.6 Å². The first-order valence-electron chi connectivity index (χ1n) is 8.51. The zero-order valence-electron chi connectivity index (χ0n) is 15.8. The molecule has 2 N–H and O–H groups in total. The van der Waals surface area contributed by atoms with Gasteiger partial charge in [0.15, 0.2) is 8.32 Å². The second kappa shape index (κ2) is 9.42. The van der Waals surface area contributed by atoms with E-state index in [4.69, 9.17) is 9.53 Å². The lowest BCUT2D eigenvalue weighted by Gasteiger charge is -2.41. The van der Waals surface area contributed by atoms with Gasteiger partial charge in [0, 0.05) is 6.42 Å². The maximum atomic E-state index is 11.2. The number of unbranched alkanes of at least 4 members (excludes halogenated alkanes) is 1. The summed E-state index contributed by atoms with van der Waals surface area (Å²) >= 11 is 0. The molecule has 0 aromatic carbocycles. The predicted molar refractivity (Wildman–Crippen MR) is 96.4 cm³/mol. The Morgan fingerprint density at radius 1 is 1.30 bits per heavy atom. The van der Waals surface area contributed by atoms with Gasteiger partial charge in [-0.1, -0.05) is 34.6 Å². The maximum Gasteiger partial charge on any atom is 0.404 e. The molecule has 0 bridgehead atoms. The van der Waals surface area contributed by atoms with E-state index in [0.717, 1.165) is 19.1 Å². The first-order chi connectivity index (χ1) is 10.4. The van der Waals surface area contributed by atoms with E-state index in [0.29, 0.717) is 18.8 Å². The Hall–Kier alpha value is -0.883. The first-order valence-corrected chi connectivity index (χ1v) is 11.4. The second-order valence-electron chi connectivity index (χ2n) is 8.20. The molecule has 0 heterocycles. The van der Waals surface area contributed by atoms with Gasteiger partial charge in [0.05, 0.1) is 12.1 Å². The Balaban J connectivity index is 5.26. The Kier molecular flexibility index (Phi) is 9.06. The number of hydrogen-bond donors (Lipinski definition) is 2. The minimum absolute atomic E-state index is 0.0571. The summed E-state index contributed by atoms with van der Waals surface area (Å²) in [6.45, 7) is 15.0. The highest BCUT2D eigenvalue weighted by Crippen LogP contribution is 2.38. The number of amides is 1. The van der Waals surface area contributed by atoms with Crippen LogP contribution in [0.4, 0.5) is 4.79 Å². The van der Waals surface area contributed by atoms with Crippen LogP contribution in [0.25, 0.3) is 0 Å². The van der Waals surface area contributed by atoms with E-state index < -0.39 is 14.4 Å². The van der Waals surface area contributed by atoms with Crippen LogP contribution in [-0.4, -0.2) is 37.9 Å². The van der Waals surface area contributed by atoms with Crippen LogP contribution >= 0.6 is 0 Å². The van der Waals surface area contributed by atoms with Gasteiger partial charge in [-0.05, 0) is 43.3 Å². The van der Waals surface area contributed by atoms with Crippen molar-refractivity contribution in [3.63, 3.8) is 0 Å². The van der Waals surface area contributed by atoms with Gasteiger partial charge < -0.3 is 19.6 Å². The number of rotatable bonds is 10. The van der Waals surface area contributed by atoms with E-state index >= 15 is 0 Å². The fraction of sp³-hybridized carbons (Fsp3) is 0.882. The quantitative estimate of drug-likeness (QED) is 0.349. The van der Waals surface area contributed by atoms with Crippen LogP contribution in [0, 0.1) is 5.92 Å². The summed E-state index contributed by atoms with van der Waals surface area (Å²) in [7, 11) is -2.01. The minimum Gasteiger partial charge on any atom is -0.465 e. The van der Waals surface area contributed by atoms with E-state index in [-0.39, 0.29) is 17.2 Å². The third-order valence-electron chi connectivity index (χ3n) is 4.55. The lowest BCUT2D eigenvalue weighted by molar-refractivity contribution is -0.108. The number of aldehydes is 1. The third-order valence-corrected chi connectivity index (χ3v) is 9.05. The van der Waals surface area contributed by atoms with Crippen LogP contribution in [0.2, 0.25) is 18.1 Å². The molecule has 6 heteroatoms. The highest BCUT2D eigenvalue weighted by molar-refractivity contribution is 6.74. The summed E-state index contributed by atoms with van der Waals surface area (Å²) in [5, 5.41) is 11.9. The van der Waals surface area contributed by atoms with Crippen LogP contribution in [0.15, 0.2) is 0 Å². The zero-order valence-corrected chi connectivity index (χ0v) is 16.8. The second-order valence-corrected chi connectivity index (χ2v) is 13.0. The van der Waals surface area contributed by atoms with Gasteiger partial charge in [-0.2, -0.15) is 0 Å². The molecule has 0 aliphatic rings. The molecule has 0 saturated carbocycles. The highest BCUT2D eigenvalue weighted by Gasteiger charge is 2.40. The van der Waals surface area contributed by atoms with Gasteiger partial charge in [0.1, 0.15) is 6.29 Å². The van der Waals surface area contributed by atoms with E-state index in [1.165, 1.54) is 0 Å². The van der Waals surface area contributed by atoms with Crippen LogP contribution < -0.4 is 5.32 Å². The van der Waals surface area contributed by atoms with Crippen molar-refractivity contribution in [3.8, 4) is 0 Å². The zero-order chi connectivity index (χ0) is 18.3. The molecule has 0 aromatic rings. The average molecular weight is 346 g/mol. The SMILES string of the molecule is CC(C)C[C@@H](NC(=O)O)C(CCCC=O)O[Si](C)(C)C(C)(C)C. The molecule has 1 unspecified atom stereocenters. The third kappa shape index (κ3) is 8.51. The van der Waals surface area contributed by atoms with Crippen molar-refractivity contribution in [2.24, 2.45) is 5.92 Å². The van der Waals surface area contributed by atoms with Crippen molar-refractivity contribution in [2.75, 3.05) is 0 Å². The largest absolute Gasteiger partial charge is 0.465 e. The van der Waals surface area contributed by atoms with E-state index in [1.807, 2.05) is 0 Å². The Bertz CT molecular complexity index is 377. The monoisotopic (exact) mass is 345 g/mol. The normalized spacial score (nSPS) is 15.3.